The van der Waals surface area contributed by atoms with Crippen molar-refractivity contribution in [1.29, 1.82) is 0 Å². The van der Waals surface area contributed by atoms with E-state index in [0.717, 1.165) is 22.6 Å². The zero-order valence-electron chi connectivity index (χ0n) is 14.0. The second-order valence-electron chi connectivity index (χ2n) is 6.73. The third-order valence-electron chi connectivity index (χ3n) is 5.09. The number of nitrogens with two attached hydrogens (primary N) is 1. The summed E-state index contributed by atoms with van der Waals surface area (Å²) in [5, 5.41) is 0. The minimum absolute atomic E-state index is 0.0703. The molecule has 5 nitrogen and oxygen atoms in total. The highest BCUT2D eigenvalue weighted by Gasteiger charge is 2.40. The lowest BCUT2D eigenvalue weighted by molar-refractivity contribution is -0.126. The number of para-hydroxylation sites is 2. The van der Waals surface area contributed by atoms with E-state index in [0.29, 0.717) is 12.8 Å². The molecule has 2 aliphatic rings. The number of hydrogen-bond donors (Lipinski definition) is 1. The van der Waals surface area contributed by atoms with E-state index in [1.54, 1.807) is 4.90 Å². The first-order valence-corrected chi connectivity index (χ1v) is 8.52. The first-order valence-electron chi connectivity index (χ1n) is 8.52. The molecule has 2 aromatic carbocycles. The van der Waals surface area contributed by atoms with Crippen LogP contribution >= 0.6 is 0 Å². The second-order valence-corrected chi connectivity index (χ2v) is 6.73. The highest BCUT2D eigenvalue weighted by Crippen LogP contribution is 2.39. The molecule has 3 atom stereocenters. The van der Waals surface area contributed by atoms with Crippen molar-refractivity contribution in [2.45, 2.75) is 37.8 Å². The fraction of sp³-hybridized carbons (Fsp3) is 0.300. The normalized spacial score (nSPS) is 24.2. The van der Waals surface area contributed by atoms with Crippen LogP contribution in [0.1, 0.15) is 30.4 Å². The maximum absolute atomic E-state index is 13.2. The SMILES string of the molecule is CC1CC(C(N)=O)c2ccccc2N1C(=O)C1Cc2ccccc2O1. The van der Waals surface area contributed by atoms with Crippen molar-refractivity contribution in [1.82, 2.24) is 0 Å². The summed E-state index contributed by atoms with van der Waals surface area (Å²) in [6.45, 7) is 1.95. The number of hydrogen-bond acceptors (Lipinski definition) is 3. The lowest BCUT2D eigenvalue weighted by Gasteiger charge is -2.39. The van der Waals surface area contributed by atoms with Gasteiger partial charge in [0.25, 0.3) is 5.91 Å². The molecule has 5 heteroatoms. The van der Waals surface area contributed by atoms with Crippen molar-refractivity contribution < 1.29 is 14.3 Å². The Morgan fingerprint density at radius 1 is 1.12 bits per heavy atom. The number of amides is 2. The maximum atomic E-state index is 13.2. The van der Waals surface area contributed by atoms with Gasteiger partial charge in [-0.2, -0.15) is 0 Å². The minimum Gasteiger partial charge on any atom is -0.480 e. The Labute approximate surface area is 146 Å². The van der Waals surface area contributed by atoms with Crippen molar-refractivity contribution in [3.8, 4) is 5.75 Å². The number of primary amides is 1. The summed E-state index contributed by atoms with van der Waals surface area (Å²) in [7, 11) is 0. The van der Waals surface area contributed by atoms with Gasteiger partial charge in [-0.05, 0) is 36.6 Å². The third kappa shape index (κ3) is 2.56. The van der Waals surface area contributed by atoms with Crippen molar-refractivity contribution in [3.63, 3.8) is 0 Å². The van der Waals surface area contributed by atoms with Gasteiger partial charge in [0.15, 0.2) is 6.10 Å². The van der Waals surface area contributed by atoms with Crippen LogP contribution in [0.5, 0.6) is 5.75 Å². The number of carbonyl (C=O) groups is 2. The predicted molar refractivity (Wildman–Crippen MR) is 94.5 cm³/mol. The Bertz CT molecular complexity index is 823. The van der Waals surface area contributed by atoms with Gasteiger partial charge in [-0.1, -0.05) is 36.4 Å². The van der Waals surface area contributed by atoms with Gasteiger partial charge in [0.05, 0.1) is 5.92 Å². The largest absolute Gasteiger partial charge is 0.480 e. The Kier molecular flexibility index (Phi) is 3.71. The van der Waals surface area contributed by atoms with Crippen molar-refractivity contribution >= 4 is 17.5 Å². The van der Waals surface area contributed by atoms with Gasteiger partial charge in [0.1, 0.15) is 5.75 Å². The molecule has 0 saturated heterocycles. The molecule has 0 radical (unpaired) electrons. The van der Waals surface area contributed by atoms with Crippen molar-refractivity contribution in [3.05, 3.63) is 59.7 Å². The number of fused-ring (bicyclic) bond motifs is 2. The molecule has 3 unspecified atom stereocenters. The summed E-state index contributed by atoms with van der Waals surface area (Å²) >= 11 is 0. The fourth-order valence-electron chi connectivity index (χ4n) is 3.89. The molecular weight excluding hydrogens is 316 g/mol. The molecule has 0 saturated carbocycles. The van der Waals surface area contributed by atoms with Crippen LogP contribution in [0.15, 0.2) is 48.5 Å². The van der Waals surface area contributed by atoms with Crippen molar-refractivity contribution in [2.75, 3.05) is 4.90 Å². The molecule has 2 aliphatic heterocycles. The van der Waals surface area contributed by atoms with Crippen LogP contribution in [0.4, 0.5) is 5.69 Å². The molecule has 2 N–H and O–H groups in total. The van der Waals surface area contributed by atoms with E-state index in [-0.39, 0.29) is 23.8 Å². The van der Waals surface area contributed by atoms with Crippen LogP contribution < -0.4 is 15.4 Å². The molecular formula is C20H20N2O3. The molecule has 128 valence electrons. The number of benzene rings is 2. The lowest BCUT2D eigenvalue weighted by Crippen LogP contribution is -2.50. The van der Waals surface area contributed by atoms with Gasteiger partial charge in [-0.3, -0.25) is 9.59 Å². The third-order valence-corrected chi connectivity index (χ3v) is 5.09. The summed E-state index contributed by atoms with van der Waals surface area (Å²) < 4.78 is 5.88. The average Bonchev–Trinajstić information content (AvgIpc) is 3.04. The summed E-state index contributed by atoms with van der Waals surface area (Å²) in [5.41, 5.74) is 8.20. The fourth-order valence-corrected chi connectivity index (χ4v) is 3.89. The summed E-state index contributed by atoms with van der Waals surface area (Å²) in [4.78, 5) is 26.8. The summed E-state index contributed by atoms with van der Waals surface area (Å²) in [5.74, 6) is -0.0132. The molecule has 0 spiro atoms. The Hall–Kier alpha value is -2.82. The molecule has 2 amide bonds. The van der Waals surface area contributed by atoms with Crippen LogP contribution in [0.25, 0.3) is 0 Å². The number of ether oxygens (including phenoxy) is 1. The monoisotopic (exact) mass is 336 g/mol. The van der Waals surface area contributed by atoms with Crippen LogP contribution in [0, 0.1) is 0 Å². The number of anilines is 1. The molecule has 25 heavy (non-hydrogen) atoms. The van der Waals surface area contributed by atoms with Gasteiger partial charge >= 0.3 is 0 Å². The van der Waals surface area contributed by atoms with Gasteiger partial charge in [-0.25, -0.2) is 0 Å². The van der Waals surface area contributed by atoms with E-state index >= 15 is 0 Å². The highest BCUT2D eigenvalue weighted by molar-refractivity contribution is 6.00. The van der Waals surface area contributed by atoms with Crippen molar-refractivity contribution in [2.24, 2.45) is 5.73 Å². The van der Waals surface area contributed by atoms with E-state index in [1.807, 2.05) is 55.5 Å². The molecule has 0 fully saturated rings. The molecule has 2 heterocycles. The standard InChI is InChI=1S/C20H20N2O3/c1-12-10-15(19(21)23)14-7-3-4-8-16(14)22(12)20(24)18-11-13-6-2-5-9-17(13)25-18/h2-9,12,15,18H,10-11H2,1H3,(H2,21,23). The molecule has 0 aromatic heterocycles. The van der Waals surface area contributed by atoms with E-state index in [9.17, 15) is 9.59 Å². The Morgan fingerprint density at radius 2 is 1.84 bits per heavy atom. The van der Waals surface area contributed by atoms with Gasteiger partial charge < -0.3 is 15.4 Å². The maximum Gasteiger partial charge on any atom is 0.268 e. The lowest BCUT2D eigenvalue weighted by atomic mass is 9.85. The zero-order valence-corrected chi connectivity index (χ0v) is 14.0. The summed E-state index contributed by atoms with van der Waals surface area (Å²) in [6.07, 6.45) is 0.565. The number of carbonyl (C=O) groups excluding carboxylic acids is 2. The van der Waals surface area contributed by atoms with E-state index < -0.39 is 6.10 Å². The first kappa shape index (κ1) is 15.7. The molecule has 2 aromatic rings. The highest BCUT2D eigenvalue weighted by atomic mass is 16.5. The zero-order chi connectivity index (χ0) is 17.6. The van der Waals surface area contributed by atoms with Crippen LogP contribution in [0.3, 0.4) is 0 Å². The van der Waals surface area contributed by atoms with Crippen LogP contribution in [-0.4, -0.2) is 24.0 Å². The van der Waals surface area contributed by atoms with E-state index in [2.05, 4.69) is 0 Å². The molecule has 4 rings (SSSR count). The average molecular weight is 336 g/mol. The topological polar surface area (TPSA) is 72.6 Å². The number of rotatable bonds is 2. The van der Waals surface area contributed by atoms with Crippen LogP contribution in [-0.2, 0) is 16.0 Å². The van der Waals surface area contributed by atoms with E-state index in [1.165, 1.54) is 0 Å². The molecule has 0 aliphatic carbocycles. The quantitative estimate of drug-likeness (QED) is 0.915. The smallest absolute Gasteiger partial charge is 0.268 e. The number of nitrogens with zero attached hydrogens (tertiary/aromatic N) is 1. The van der Waals surface area contributed by atoms with Gasteiger partial charge in [0.2, 0.25) is 5.91 Å². The van der Waals surface area contributed by atoms with Gasteiger partial charge in [0, 0.05) is 18.2 Å². The predicted octanol–water partition coefficient (Wildman–Crippen LogP) is 2.38. The summed E-state index contributed by atoms with van der Waals surface area (Å²) in [6, 6.07) is 15.1. The van der Waals surface area contributed by atoms with Gasteiger partial charge in [-0.15, -0.1) is 0 Å². The molecule has 0 bridgehead atoms. The Balaban J connectivity index is 1.67. The Morgan fingerprint density at radius 3 is 2.60 bits per heavy atom. The van der Waals surface area contributed by atoms with Crippen LogP contribution in [0.2, 0.25) is 0 Å². The van der Waals surface area contributed by atoms with E-state index in [4.69, 9.17) is 10.5 Å². The first-order chi connectivity index (χ1) is 12.1. The second kappa shape index (κ2) is 5.92. The minimum atomic E-state index is -0.530.